The summed E-state index contributed by atoms with van der Waals surface area (Å²) in [6.07, 6.45) is 1.55. The Balaban J connectivity index is 2.19. The van der Waals surface area contributed by atoms with Crippen LogP contribution in [-0.2, 0) is 0 Å². The molecule has 0 saturated carbocycles. The Hall–Kier alpha value is -2.17. The summed E-state index contributed by atoms with van der Waals surface area (Å²) < 4.78 is 1.64. The third-order valence-corrected chi connectivity index (χ3v) is 3.39. The zero-order chi connectivity index (χ0) is 15.0. The molecule has 2 aromatic heterocycles. The minimum Gasteiger partial charge on any atom is -0.297 e. The van der Waals surface area contributed by atoms with Crippen LogP contribution in [0.3, 0.4) is 0 Å². The first-order valence-electron chi connectivity index (χ1n) is 6.07. The summed E-state index contributed by atoms with van der Waals surface area (Å²) in [5.41, 5.74) is 1.85. The van der Waals surface area contributed by atoms with Gasteiger partial charge in [-0.05, 0) is 24.3 Å². The fourth-order valence-corrected chi connectivity index (χ4v) is 2.58. The summed E-state index contributed by atoms with van der Waals surface area (Å²) in [6.45, 7) is 3.73. The van der Waals surface area contributed by atoms with E-state index in [-0.39, 0.29) is 21.9 Å². The number of carbonyl (C=O) groups excluding carboxylic acids is 1. The van der Waals surface area contributed by atoms with Crippen molar-refractivity contribution in [2.45, 2.75) is 0 Å². The van der Waals surface area contributed by atoms with Gasteiger partial charge in [0.05, 0.1) is 11.0 Å². The average Bonchev–Trinajstić information content (AvgIpc) is 2.83. The molecule has 0 aliphatic rings. The van der Waals surface area contributed by atoms with Crippen LogP contribution in [-0.4, -0.2) is 20.3 Å². The number of aromatic nitrogens is 3. The fraction of sp³-hybridized carbons (Fsp3) is 0. The number of imidazole rings is 1. The van der Waals surface area contributed by atoms with E-state index in [0.29, 0.717) is 11.1 Å². The molecular formula is C15H9Cl2N3O. The molecule has 1 aromatic carbocycles. The molecule has 0 aliphatic carbocycles. The summed E-state index contributed by atoms with van der Waals surface area (Å²) in [5, 5.41) is 0.319. The normalized spacial score (nSPS) is 10.8. The van der Waals surface area contributed by atoms with Crippen LogP contribution >= 0.6 is 23.2 Å². The van der Waals surface area contributed by atoms with E-state index in [0.717, 1.165) is 5.52 Å². The van der Waals surface area contributed by atoms with Gasteiger partial charge in [-0.2, -0.15) is 0 Å². The van der Waals surface area contributed by atoms with Gasteiger partial charge >= 0.3 is 0 Å². The zero-order valence-electron chi connectivity index (χ0n) is 10.8. The fourth-order valence-electron chi connectivity index (χ4n) is 2.11. The van der Waals surface area contributed by atoms with Gasteiger partial charge in [0.2, 0.25) is 5.78 Å². The maximum absolute atomic E-state index is 12.6. The SMILES string of the molecule is C=Cn1c(C(=O)c2cc(Cl)nc(Cl)c2)nc2ccccc21. The molecular weight excluding hydrogens is 309 g/mol. The topological polar surface area (TPSA) is 47.8 Å². The molecule has 4 nitrogen and oxygen atoms in total. The molecule has 0 N–H and O–H groups in total. The molecule has 0 aliphatic heterocycles. The first-order chi connectivity index (χ1) is 10.1. The smallest absolute Gasteiger partial charge is 0.229 e. The standard InChI is InChI=1S/C15H9Cl2N3O/c1-2-20-11-6-4-3-5-10(11)18-15(20)14(21)9-7-12(16)19-13(17)8-9/h2-8H,1H2. The van der Waals surface area contributed by atoms with Crippen molar-refractivity contribution in [3.05, 3.63) is 64.7 Å². The molecule has 2 heterocycles. The third kappa shape index (κ3) is 2.44. The van der Waals surface area contributed by atoms with Crippen LogP contribution in [0.15, 0.2) is 43.0 Å². The summed E-state index contributed by atoms with van der Waals surface area (Å²) in [6, 6.07) is 10.4. The number of ketones is 1. The lowest BCUT2D eigenvalue weighted by Gasteiger charge is -2.03. The minimum atomic E-state index is -0.294. The van der Waals surface area contributed by atoms with E-state index < -0.39 is 0 Å². The highest BCUT2D eigenvalue weighted by atomic mass is 35.5. The van der Waals surface area contributed by atoms with E-state index in [1.54, 1.807) is 10.8 Å². The van der Waals surface area contributed by atoms with Crippen LogP contribution in [0.2, 0.25) is 10.3 Å². The van der Waals surface area contributed by atoms with Crippen molar-refractivity contribution in [2.75, 3.05) is 0 Å². The summed E-state index contributed by atoms with van der Waals surface area (Å²) in [7, 11) is 0. The number of hydrogen-bond acceptors (Lipinski definition) is 3. The molecule has 104 valence electrons. The quantitative estimate of drug-likeness (QED) is 0.540. The number of carbonyl (C=O) groups is 1. The monoisotopic (exact) mass is 317 g/mol. The number of rotatable bonds is 3. The van der Waals surface area contributed by atoms with Crippen molar-refractivity contribution in [3.63, 3.8) is 0 Å². The first-order valence-corrected chi connectivity index (χ1v) is 6.83. The molecule has 21 heavy (non-hydrogen) atoms. The van der Waals surface area contributed by atoms with Gasteiger partial charge in [-0.25, -0.2) is 9.97 Å². The second kappa shape index (κ2) is 5.31. The number of benzene rings is 1. The molecule has 0 saturated heterocycles. The number of para-hydroxylation sites is 2. The lowest BCUT2D eigenvalue weighted by atomic mass is 10.1. The molecule has 0 fully saturated rings. The summed E-state index contributed by atoms with van der Waals surface area (Å²) >= 11 is 11.7. The number of fused-ring (bicyclic) bond motifs is 1. The molecule has 0 radical (unpaired) electrons. The maximum atomic E-state index is 12.6. The van der Waals surface area contributed by atoms with E-state index in [1.807, 2.05) is 24.3 Å². The van der Waals surface area contributed by atoms with Gasteiger partial charge in [-0.1, -0.05) is 41.9 Å². The van der Waals surface area contributed by atoms with Crippen molar-refractivity contribution in [1.29, 1.82) is 0 Å². The minimum absolute atomic E-state index is 0.159. The molecule has 3 rings (SSSR count). The van der Waals surface area contributed by atoms with E-state index in [9.17, 15) is 4.79 Å². The van der Waals surface area contributed by atoms with Gasteiger partial charge in [0.25, 0.3) is 0 Å². The molecule has 0 atom stereocenters. The van der Waals surface area contributed by atoms with Crippen molar-refractivity contribution >= 4 is 46.2 Å². The molecule has 6 heteroatoms. The Kier molecular flexibility index (Phi) is 3.49. The van der Waals surface area contributed by atoms with Gasteiger partial charge in [0.15, 0.2) is 5.82 Å². The van der Waals surface area contributed by atoms with Crippen LogP contribution in [0.4, 0.5) is 0 Å². The van der Waals surface area contributed by atoms with Crippen molar-refractivity contribution in [2.24, 2.45) is 0 Å². The molecule has 0 amide bonds. The lowest BCUT2D eigenvalue weighted by molar-refractivity contribution is 0.102. The van der Waals surface area contributed by atoms with Crippen LogP contribution in [0.25, 0.3) is 17.2 Å². The Bertz CT molecular complexity index is 850. The van der Waals surface area contributed by atoms with Crippen LogP contribution < -0.4 is 0 Å². The van der Waals surface area contributed by atoms with Gasteiger partial charge in [0.1, 0.15) is 10.3 Å². The highest BCUT2D eigenvalue weighted by Gasteiger charge is 2.19. The van der Waals surface area contributed by atoms with Crippen LogP contribution in [0, 0.1) is 0 Å². The Morgan fingerprint density at radius 2 is 1.81 bits per heavy atom. The first kappa shape index (κ1) is 13.8. The highest BCUT2D eigenvalue weighted by molar-refractivity contribution is 6.33. The van der Waals surface area contributed by atoms with Gasteiger partial charge in [-0.3, -0.25) is 9.36 Å². The van der Waals surface area contributed by atoms with Crippen molar-refractivity contribution in [1.82, 2.24) is 14.5 Å². The number of pyridine rings is 1. The highest BCUT2D eigenvalue weighted by Crippen LogP contribution is 2.21. The van der Waals surface area contributed by atoms with Crippen LogP contribution in [0.1, 0.15) is 16.2 Å². The molecule has 0 bridgehead atoms. The zero-order valence-corrected chi connectivity index (χ0v) is 12.3. The summed E-state index contributed by atoms with van der Waals surface area (Å²) in [5.74, 6) is -0.0400. The van der Waals surface area contributed by atoms with Gasteiger partial charge in [-0.15, -0.1) is 0 Å². The second-order valence-corrected chi connectivity index (χ2v) is 5.08. The van der Waals surface area contributed by atoms with E-state index in [2.05, 4.69) is 16.5 Å². The number of halogens is 2. The Morgan fingerprint density at radius 1 is 1.14 bits per heavy atom. The number of nitrogens with zero attached hydrogens (tertiary/aromatic N) is 3. The van der Waals surface area contributed by atoms with Gasteiger partial charge in [0, 0.05) is 11.8 Å². The third-order valence-electron chi connectivity index (χ3n) is 3.01. The lowest BCUT2D eigenvalue weighted by Crippen LogP contribution is -2.08. The summed E-state index contributed by atoms with van der Waals surface area (Å²) in [4.78, 5) is 20.8. The Morgan fingerprint density at radius 3 is 2.48 bits per heavy atom. The van der Waals surface area contributed by atoms with E-state index in [1.165, 1.54) is 12.1 Å². The van der Waals surface area contributed by atoms with E-state index in [4.69, 9.17) is 23.2 Å². The average molecular weight is 318 g/mol. The predicted octanol–water partition coefficient (Wildman–Crippen LogP) is 4.07. The van der Waals surface area contributed by atoms with Crippen molar-refractivity contribution in [3.8, 4) is 0 Å². The predicted molar refractivity (Wildman–Crippen MR) is 83.8 cm³/mol. The largest absolute Gasteiger partial charge is 0.297 e. The van der Waals surface area contributed by atoms with Crippen LogP contribution in [0.5, 0.6) is 0 Å². The van der Waals surface area contributed by atoms with Gasteiger partial charge < -0.3 is 0 Å². The Labute approximate surface area is 130 Å². The maximum Gasteiger partial charge on any atom is 0.229 e. The number of hydrogen-bond donors (Lipinski definition) is 0. The second-order valence-electron chi connectivity index (χ2n) is 4.31. The molecule has 0 spiro atoms. The molecule has 3 aromatic rings. The molecule has 0 unspecified atom stereocenters. The van der Waals surface area contributed by atoms with E-state index >= 15 is 0 Å². The van der Waals surface area contributed by atoms with Crippen molar-refractivity contribution < 1.29 is 4.79 Å².